The number of hydrogen-bond donors (Lipinski definition) is 3. The number of carbonyl (C=O) groups excluding carboxylic acids is 1. The van der Waals surface area contributed by atoms with Crippen LogP contribution in [0.4, 0.5) is 0 Å². The van der Waals surface area contributed by atoms with Crippen molar-refractivity contribution in [3.8, 4) is 0 Å². The molecule has 6 nitrogen and oxygen atoms in total. The minimum absolute atomic E-state index is 0.0524. The van der Waals surface area contributed by atoms with Crippen molar-refractivity contribution in [1.29, 1.82) is 0 Å². The van der Waals surface area contributed by atoms with Gasteiger partial charge in [0.2, 0.25) is 0 Å². The summed E-state index contributed by atoms with van der Waals surface area (Å²) in [5.74, 6) is 0. The van der Waals surface area contributed by atoms with Crippen LogP contribution in [-0.4, -0.2) is 28.1 Å². The summed E-state index contributed by atoms with van der Waals surface area (Å²) < 4.78 is 14.6. The van der Waals surface area contributed by atoms with E-state index in [1.165, 1.54) is 6.92 Å². The van der Waals surface area contributed by atoms with Gasteiger partial charge in [0.05, 0.1) is 0 Å². The van der Waals surface area contributed by atoms with Gasteiger partial charge in [-0.2, -0.15) is 0 Å². The summed E-state index contributed by atoms with van der Waals surface area (Å²) in [6.07, 6.45) is -1.26. The standard InChI is InChI=1S/C4H10NO5P/c1-3(11(7,8)9)4(5)10-2-6/h2-4H,5H2,1H3,(H2,7,8,9). The summed E-state index contributed by atoms with van der Waals surface area (Å²) >= 11 is 0. The van der Waals surface area contributed by atoms with E-state index >= 15 is 0 Å². The molecule has 0 heterocycles. The smallest absolute Gasteiger partial charge is 0.333 e. The van der Waals surface area contributed by atoms with E-state index in [-0.39, 0.29) is 6.47 Å². The van der Waals surface area contributed by atoms with E-state index in [9.17, 15) is 9.36 Å². The van der Waals surface area contributed by atoms with Gasteiger partial charge in [0, 0.05) is 0 Å². The maximum Gasteiger partial charge on any atom is 0.333 e. The second-order valence-electron chi connectivity index (χ2n) is 2.03. The molecule has 2 unspecified atom stereocenters. The molecule has 0 rings (SSSR count). The highest BCUT2D eigenvalue weighted by Crippen LogP contribution is 2.41. The molecule has 0 spiro atoms. The Hall–Kier alpha value is -0.420. The van der Waals surface area contributed by atoms with Crippen LogP contribution in [0.15, 0.2) is 0 Å². The third-order valence-electron chi connectivity index (χ3n) is 1.22. The van der Waals surface area contributed by atoms with E-state index < -0.39 is 19.5 Å². The van der Waals surface area contributed by atoms with Gasteiger partial charge in [-0.05, 0) is 6.92 Å². The number of rotatable bonds is 4. The molecule has 2 atom stereocenters. The monoisotopic (exact) mass is 183 g/mol. The van der Waals surface area contributed by atoms with Crippen LogP contribution in [0.25, 0.3) is 0 Å². The molecule has 0 aromatic heterocycles. The van der Waals surface area contributed by atoms with Gasteiger partial charge in [-0.25, -0.2) is 0 Å². The molecule has 66 valence electrons. The third-order valence-corrected chi connectivity index (χ3v) is 2.57. The molecule has 0 amide bonds. The van der Waals surface area contributed by atoms with Crippen molar-refractivity contribution < 1.29 is 23.9 Å². The fourth-order valence-corrected chi connectivity index (χ4v) is 0.822. The van der Waals surface area contributed by atoms with Crippen LogP contribution >= 0.6 is 7.60 Å². The largest absolute Gasteiger partial charge is 0.448 e. The van der Waals surface area contributed by atoms with E-state index in [1.54, 1.807) is 0 Å². The van der Waals surface area contributed by atoms with E-state index in [0.29, 0.717) is 0 Å². The van der Waals surface area contributed by atoms with E-state index in [1.807, 2.05) is 0 Å². The molecule has 0 fully saturated rings. The van der Waals surface area contributed by atoms with Crippen LogP contribution in [0.1, 0.15) is 6.92 Å². The number of carbonyl (C=O) groups is 1. The lowest BCUT2D eigenvalue weighted by atomic mass is 10.4. The van der Waals surface area contributed by atoms with Gasteiger partial charge in [0.15, 0.2) is 6.23 Å². The Labute approximate surface area is 63.5 Å². The fraction of sp³-hybridized carbons (Fsp3) is 0.750. The van der Waals surface area contributed by atoms with Crippen molar-refractivity contribution in [2.24, 2.45) is 5.73 Å². The Bertz CT molecular complexity index is 177. The number of nitrogens with two attached hydrogens (primary N) is 1. The van der Waals surface area contributed by atoms with Gasteiger partial charge in [0.1, 0.15) is 5.66 Å². The highest BCUT2D eigenvalue weighted by molar-refractivity contribution is 7.52. The first-order valence-electron chi connectivity index (χ1n) is 2.79. The van der Waals surface area contributed by atoms with Crippen LogP contribution < -0.4 is 5.73 Å². The first-order valence-corrected chi connectivity index (χ1v) is 4.47. The highest BCUT2D eigenvalue weighted by Gasteiger charge is 2.30. The zero-order chi connectivity index (χ0) is 9.07. The summed E-state index contributed by atoms with van der Waals surface area (Å²) in [5.41, 5.74) is 3.89. The fourth-order valence-electron chi connectivity index (χ4n) is 0.369. The second kappa shape index (κ2) is 3.82. The van der Waals surface area contributed by atoms with Gasteiger partial charge < -0.3 is 14.5 Å². The summed E-state index contributed by atoms with van der Waals surface area (Å²) in [4.78, 5) is 26.7. The Morgan fingerprint density at radius 2 is 2.09 bits per heavy atom. The van der Waals surface area contributed by atoms with Crippen molar-refractivity contribution in [2.45, 2.75) is 18.8 Å². The van der Waals surface area contributed by atoms with Crippen LogP contribution in [-0.2, 0) is 14.1 Å². The molecular weight excluding hydrogens is 173 g/mol. The van der Waals surface area contributed by atoms with E-state index in [2.05, 4.69) is 4.74 Å². The minimum atomic E-state index is -4.25. The van der Waals surface area contributed by atoms with Crippen molar-refractivity contribution in [1.82, 2.24) is 0 Å². The zero-order valence-electron chi connectivity index (χ0n) is 5.88. The highest BCUT2D eigenvalue weighted by atomic mass is 31.2. The Morgan fingerprint density at radius 1 is 1.64 bits per heavy atom. The molecule has 7 heteroatoms. The van der Waals surface area contributed by atoms with Gasteiger partial charge in [-0.15, -0.1) is 0 Å². The zero-order valence-corrected chi connectivity index (χ0v) is 6.77. The molecule has 0 radical (unpaired) electrons. The predicted octanol–water partition coefficient (Wildman–Crippen LogP) is -0.990. The maximum absolute atomic E-state index is 10.5. The molecule has 0 aliphatic carbocycles. The molecule has 0 bridgehead atoms. The van der Waals surface area contributed by atoms with Crippen LogP contribution in [0.2, 0.25) is 0 Å². The van der Waals surface area contributed by atoms with E-state index in [4.69, 9.17) is 15.5 Å². The van der Waals surface area contributed by atoms with Crippen LogP contribution in [0.3, 0.4) is 0 Å². The Morgan fingerprint density at radius 3 is 2.36 bits per heavy atom. The van der Waals surface area contributed by atoms with Gasteiger partial charge >= 0.3 is 7.60 Å². The van der Waals surface area contributed by atoms with Gasteiger partial charge in [-0.1, -0.05) is 0 Å². The Kier molecular flexibility index (Phi) is 3.68. The minimum Gasteiger partial charge on any atom is -0.448 e. The number of hydrogen-bond acceptors (Lipinski definition) is 4. The summed E-state index contributed by atoms with van der Waals surface area (Å²) in [5, 5.41) is 0. The Balaban J connectivity index is 4.12. The van der Waals surface area contributed by atoms with Crippen molar-refractivity contribution >= 4 is 14.1 Å². The molecule has 11 heavy (non-hydrogen) atoms. The quantitative estimate of drug-likeness (QED) is 0.293. The topological polar surface area (TPSA) is 110 Å². The predicted molar refractivity (Wildman–Crippen MR) is 36.6 cm³/mol. The molecule has 0 aliphatic heterocycles. The van der Waals surface area contributed by atoms with Crippen molar-refractivity contribution in [3.63, 3.8) is 0 Å². The molecule has 0 aliphatic rings. The SMILES string of the molecule is CC(C(N)OC=O)P(=O)(O)O. The molecular formula is C4H10NO5P. The molecule has 0 aromatic rings. The van der Waals surface area contributed by atoms with E-state index in [0.717, 1.165) is 0 Å². The molecule has 4 N–H and O–H groups in total. The summed E-state index contributed by atoms with van der Waals surface area (Å²) in [6, 6.07) is 0. The first kappa shape index (κ1) is 10.6. The lowest BCUT2D eigenvalue weighted by Gasteiger charge is -2.18. The summed E-state index contributed by atoms with van der Waals surface area (Å²) in [7, 11) is -4.25. The first-order chi connectivity index (χ1) is 4.89. The van der Waals surface area contributed by atoms with Crippen LogP contribution in [0, 0.1) is 0 Å². The lowest BCUT2D eigenvalue weighted by Crippen LogP contribution is -2.34. The molecule has 0 saturated carbocycles. The lowest BCUT2D eigenvalue weighted by molar-refractivity contribution is -0.133. The average Bonchev–Trinajstić information content (AvgIpc) is 1.85. The maximum atomic E-state index is 10.5. The van der Waals surface area contributed by atoms with Gasteiger partial charge in [-0.3, -0.25) is 15.1 Å². The van der Waals surface area contributed by atoms with Crippen LogP contribution in [0.5, 0.6) is 0 Å². The summed E-state index contributed by atoms with van der Waals surface area (Å²) in [6.45, 7) is 1.26. The van der Waals surface area contributed by atoms with Crippen molar-refractivity contribution in [3.05, 3.63) is 0 Å². The third kappa shape index (κ3) is 3.48. The number of ether oxygens (including phenoxy) is 1. The molecule has 0 saturated heterocycles. The van der Waals surface area contributed by atoms with Crippen molar-refractivity contribution in [2.75, 3.05) is 0 Å². The van der Waals surface area contributed by atoms with Gasteiger partial charge in [0.25, 0.3) is 6.47 Å². The molecule has 0 aromatic carbocycles. The second-order valence-corrected chi connectivity index (χ2v) is 4.02. The normalized spacial score (nSPS) is 17.1. The average molecular weight is 183 g/mol.